The normalized spacial score (nSPS) is 15.0. The molecule has 192 valence electrons. The van der Waals surface area contributed by atoms with Gasteiger partial charge >= 0.3 is 6.18 Å². The van der Waals surface area contributed by atoms with Crippen LogP contribution in [0.5, 0.6) is 0 Å². The van der Waals surface area contributed by atoms with Crippen molar-refractivity contribution in [3.05, 3.63) is 77.0 Å². The Labute approximate surface area is 211 Å². The van der Waals surface area contributed by atoms with Gasteiger partial charge in [-0.15, -0.1) is 0 Å². The summed E-state index contributed by atoms with van der Waals surface area (Å²) in [5.41, 5.74) is 2.51. The van der Waals surface area contributed by atoms with Crippen LogP contribution in [0.2, 0.25) is 0 Å². The van der Waals surface area contributed by atoms with Gasteiger partial charge in [0, 0.05) is 29.9 Å². The molecule has 0 aliphatic heterocycles. The van der Waals surface area contributed by atoms with Gasteiger partial charge in [-0.1, -0.05) is 30.2 Å². The molecule has 4 aromatic rings. The molecule has 2 aromatic heterocycles. The van der Waals surface area contributed by atoms with Crippen LogP contribution in [0.25, 0.3) is 22.2 Å². The number of aromatic nitrogens is 3. The lowest BCUT2D eigenvalue weighted by atomic mass is 9.80. The van der Waals surface area contributed by atoms with Crippen LogP contribution in [0.1, 0.15) is 53.5 Å². The predicted molar refractivity (Wildman–Crippen MR) is 134 cm³/mol. The van der Waals surface area contributed by atoms with Crippen LogP contribution < -0.4 is 5.32 Å². The smallest absolute Gasteiger partial charge is 0.365 e. The standard InChI is InChI=1S/C28H26F4N4O/c1-16-6-11-23(29)21(12-16)22-14-36(13-18-7-9-20(10-8-18)28(30,31)32)26-25(22)34-24(15-37)35-27(26)33-17(2)19-4-3-5-19/h6-12,14-15,17,19H,3-5,13H2,1-2H3,(H,33,34,35). The second-order valence-electron chi connectivity index (χ2n) is 9.72. The third kappa shape index (κ3) is 4.95. The number of hydrogen-bond acceptors (Lipinski definition) is 4. The molecule has 2 heterocycles. The van der Waals surface area contributed by atoms with Crippen molar-refractivity contribution in [1.82, 2.24) is 14.5 Å². The summed E-state index contributed by atoms with van der Waals surface area (Å²) >= 11 is 0. The van der Waals surface area contributed by atoms with E-state index in [1.807, 2.05) is 6.92 Å². The summed E-state index contributed by atoms with van der Waals surface area (Å²) < 4.78 is 56.0. The second-order valence-corrected chi connectivity index (χ2v) is 9.72. The summed E-state index contributed by atoms with van der Waals surface area (Å²) in [6.07, 6.45) is 1.20. The molecular weight excluding hydrogens is 484 g/mol. The van der Waals surface area contributed by atoms with E-state index in [1.165, 1.54) is 18.2 Å². The average Bonchev–Trinajstić information content (AvgIpc) is 3.17. The van der Waals surface area contributed by atoms with Gasteiger partial charge in [0.15, 0.2) is 17.9 Å². The molecule has 1 saturated carbocycles. The van der Waals surface area contributed by atoms with E-state index in [1.54, 1.807) is 22.9 Å². The van der Waals surface area contributed by atoms with Crippen molar-refractivity contribution in [3.8, 4) is 11.1 Å². The van der Waals surface area contributed by atoms with Gasteiger partial charge in [-0.05, 0) is 62.4 Å². The van der Waals surface area contributed by atoms with Gasteiger partial charge in [0.25, 0.3) is 0 Å². The number of hydrogen-bond donors (Lipinski definition) is 1. The fourth-order valence-electron chi connectivity index (χ4n) is 4.80. The highest BCUT2D eigenvalue weighted by molar-refractivity contribution is 5.99. The minimum atomic E-state index is -4.43. The lowest BCUT2D eigenvalue weighted by molar-refractivity contribution is -0.137. The molecule has 0 saturated heterocycles. The number of benzene rings is 2. The number of anilines is 1. The number of carbonyl (C=O) groups excluding carboxylic acids is 1. The summed E-state index contributed by atoms with van der Waals surface area (Å²) in [7, 11) is 0. The van der Waals surface area contributed by atoms with E-state index in [-0.39, 0.29) is 18.4 Å². The van der Waals surface area contributed by atoms with Crippen LogP contribution in [0.4, 0.5) is 23.4 Å². The number of nitrogens with zero attached hydrogens (tertiary/aromatic N) is 3. The lowest BCUT2D eigenvalue weighted by Crippen LogP contribution is -2.31. The molecule has 1 unspecified atom stereocenters. The molecule has 0 radical (unpaired) electrons. The average molecular weight is 511 g/mol. The molecule has 0 amide bonds. The monoisotopic (exact) mass is 510 g/mol. The first-order valence-electron chi connectivity index (χ1n) is 12.2. The first-order valence-corrected chi connectivity index (χ1v) is 12.2. The summed E-state index contributed by atoms with van der Waals surface area (Å²) in [5, 5.41) is 3.43. The van der Waals surface area contributed by atoms with Crippen molar-refractivity contribution in [2.75, 3.05) is 5.32 Å². The van der Waals surface area contributed by atoms with Crippen LogP contribution in [0.15, 0.2) is 48.7 Å². The van der Waals surface area contributed by atoms with E-state index >= 15 is 0 Å². The van der Waals surface area contributed by atoms with Gasteiger partial charge in [-0.3, -0.25) is 4.79 Å². The zero-order valence-electron chi connectivity index (χ0n) is 20.4. The third-order valence-corrected chi connectivity index (χ3v) is 7.10. The van der Waals surface area contributed by atoms with E-state index in [0.717, 1.165) is 37.0 Å². The Bertz CT molecular complexity index is 1460. The molecule has 1 atom stereocenters. The Hall–Kier alpha value is -3.75. The van der Waals surface area contributed by atoms with Crippen molar-refractivity contribution in [2.45, 2.75) is 51.9 Å². The first-order chi connectivity index (χ1) is 17.6. The molecule has 37 heavy (non-hydrogen) atoms. The van der Waals surface area contributed by atoms with Gasteiger partial charge in [-0.25, -0.2) is 14.4 Å². The van der Waals surface area contributed by atoms with E-state index in [0.29, 0.717) is 45.7 Å². The van der Waals surface area contributed by atoms with E-state index in [4.69, 9.17) is 0 Å². The van der Waals surface area contributed by atoms with Crippen molar-refractivity contribution in [3.63, 3.8) is 0 Å². The Morgan fingerprint density at radius 1 is 1.11 bits per heavy atom. The molecule has 5 rings (SSSR count). The third-order valence-electron chi connectivity index (χ3n) is 7.10. The van der Waals surface area contributed by atoms with Gasteiger partial charge in [0.2, 0.25) is 0 Å². The highest BCUT2D eigenvalue weighted by Crippen LogP contribution is 2.37. The maximum absolute atomic E-state index is 15.0. The number of halogens is 4. The molecular formula is C28H26F4N4O. The number of aryl methyl sites for hydroxylation is 1. The number of alkyl halides is 3. The minimum absolute atomic E-state index is 0.0302. The van der Waals surface area contributed by atoms with Gasteiger partial charge in [-0.2, -0.15) is 13.2 Å². The van der Waals surface area contributed by atoms with Crippen molar-refractivity contribution in [1.29, 1.82) is 0 Å². The highest BCUT2D eigenvalue weighted by atomic mass is 19.4. The number of fused-ring (bicyclic) bond motifs is 1. The SMILES string of the molecule is Cc1ccc(F)c(-c2cn(Cc3ccc(C(F)(F)F)cc3)c3c(NC(C)C4CCC4)nc(C=O)nc23)c1. The summed E-state index contributed by atoms with van der Waals surface area (Å²) in [6.45, 7) is 4.12. The highest BCUT2D eigenvalue weighted by Gasteiger charge is 2.30. The van der Waals surface area contributed by atoms with E-state index in [9.17, 15) is 22.4 Å². The Balaban J connectivity index is 1.67. The van der Waals surface area contributed by atoms with Crippen LogP contribution in [0.3, 0.4) is 0 Å². The van der Waals surface area contributed by atoms with Crippen LogP contribution in [0, 0.1) is 18.7 Å². The molecule has 0 spiro atoms. The zero-order valence-corrected chi connectivity index (χ0v) is 20.4. The Morgan fingerprint density at radius 2 is 1.84 bits per heavy atom. The molecule has 1 fully saturated rings. The molecule has 1 N–H and O–H groups in total. The van der Waals surface area contributed by atoms with E-state index < -0.39 is 17.6 Å². The van der Waals surface area contributed by atoms with Crippen LogP contribution in [-0.4, -0.2) is 26.9 Å². The summed E-state index contributed by atoms with van der Waals surface area (Å²) in [4.78, 5) is 20.6. The maximum atomic E-state index is 15.0. The largest absolute Gasteiger partial charge is 0.416 e. The molecule has 0 bridgehead atoms. The zero-order chi connectivity index (χ0) is 26.3. The maximum Gasteiger partial charge on any atom is 0.416 e. The second kappa shape index (κ2) is 9.61. The first kappa shape index (κ1) is 24.9. The van der Waals surface area contributed by atoms with Crippen LogP contribution >= 0.6 is 0 Å². The van der Waals surface area contributed by atoms with Crippen molar-refractivity contribution >= 4 is 23.1 Å². The summed E-state index contributed by atoms with van der Waals surface area (Å²) in [6, 6.07) is 9.77. The van der Waals surface area contributed by atoms with Crippen molar-refractivity contribution < 1.29 is 22.4 Å². The number of nitrogens with one attached hydrogen (secondary N) is 1. The van der Waals surface area contributed by atoms with Crippen LogP contribution in [-0.2, 0) is 12.7 Å². The Morgan fingerprint density at radius 3 is 2.46 bits per heavy atom. The molecule has 2 aromatic carbocycles. The van der Waals surface area contributed by atoms with Gasteiger partial charge in [0.05, 0.1) is 5.56 Å². The number of carbonyl (C=O) groups is 1. The van der Waals surface area contributed by atoms with E-state index in [2.05, 4.69) is 22.2 Å². The fourth-order valence-corrected chi connectivity index (χ4v) is 4.80. The van der Waals surface area contributed by atoms with Gasteiger partial charge < -0.3 is 9.88 Å². The number of aldehydes is 1. The molecule has 1 aliphatic rings. The fraction of sp³-hybridized carbons (Fsp3) is 0.321. The topological polar surface area (TPSA) is 59.8 Å². The lowest BCUT2D eigenvalue weighted by Gasteiger charge is -2.32. The quantitative estimate of drug-likeness (QED) is 0.214. The molecule has 1 aliphatic carbocycles. The molecule has 9 heteroatoms. The minimum Gasteiger partial charge on any atom is -0.365 e. The van der Waals surface area contributed by atoms with Gasteiger partial charge in [0.1, 0.15) is 16.9 Å². The predicted octanol–water partition coefficient (Wildman–Crippen LogP) is 7.03. The van der Waals surface area contributed by atoms with Crippen molar-refractivity contribution in [2.24, 2.45) is 5.92 Å². The molecule has 5 nitrogen and oxygen atoms in total. The summed E-state index contributed by atoms with van der Waals surface area (Å²) in [5.74, 6) is 0.439. The Kier molecular flexibility index (Phi) is 6.47. The number of rotatable bonds is 7.